The van der Waals surface area contributed by atoms with Gasteiger partial charge in [0.25, 0.3) is 0 Å². The summed E-state index contributed by atoms with van der Waals surface area (Å²) in [6.07, 6.45) is 0. The average molecular weight is 739 g/mol. The quantitative estimate of drug-likeness (QED) is 0.177. The van der Waals surface area contributed by atoms with Crippen LogP contribution >= 0.6 is 0 Å². The molecule has 12 rings (SSSR count). The van der Waals surface area contributed by atoms with E-state index < -0.39 is 0 Å². The van der Waals surface area contributed by atoms with Gasteiger partial charge in [-0.05, 0) is 84.8 Å². The largest absolute Gasteiger partial charge is 0.278 e. The molecule has 0 spiro atoms. The predicted octanol–water partition coefficient (Wildman–Crippen LogP) is 13.4. The molecule has 4 nitrogen and oxygen atoms in total. The smallest absolute Gasteiger partial charge is 0.238 e. The lowest BCUT2D eigenvalue weighted by atomic mass is 9.85. The number of fused-ring (bicyclic) bond motifs is 10. The maximum Gasteiger partial charge on any atom is 0.238 e. The summed E-state index contributed by atoms with van der Waals surface area (Å²) >= 11 is 0. The van der Waals surface area contributed by atoms with E-state index in [1.165, 1.54) is 65.9 Å². The summed E-state index contributed by atoms with van der Waals surface area (Å²) in [5, 5.41) is 7.24. The molecule has 9 aromatic carbocycles. The first-order chi connectivity index (χ1) is 28.8. The van der Waals surface area contributed by atoms with Gasteiger partial charge in [0.15, 0.2) is 11.6 Å². The van der Waals surface area contributed by atoms with Gasteiger partial charge in [-0.2, -0.15) is 9.97 Å². The molecule has 4 heteroatoms. The zero-order valence-corrected chi connectivity index (χ0v) is 31.4. The van der Waals surface area contributed by atoms with Crippen LogP contribution in [0.15, 0.2) is 200 Å². The number of rotatable bonds is 5. The molecular formula is C54H34N4. The lowest BCUT2D eigenvalue weighted by Crippen LogP contribution is -2.06. The highest BCUT2D eigenvalue weighted by Gasteiger charge is 2.32. The van der Waals surface area contributed by atoms with Crippen molar-refractivity contribution < 1.29 is 0 Å². The molecule has 1 aliphatic rings. The van der Waals surface area contributed by atoms with Crippen LogP contribution in [-0.4, -0.2) is 19.5 Å². The Morgan fingerprint density at radius 1 is 0.379 bits per heavy atom. The Bertz CT molecular complexity index is 3330. The molecule has 0 saturated carbocycles. The summed E-state index contributed by atoms with van der Waals surface area (Å²) in [5.74, 6) is 2.00. The van der Waals surface area contributed by atoms with Gasteiger partial charge in [-0.25, -0.2) is 4.98 Å². The molecular weight excluding hydrogens is 705 g/mol. The van der Waals surface area contributed by atoms with E-state index in [-0.39, 0.29) is 5.92 Å². The normalized spacial score (nSPS) is 13.3. The average Bonchev–Trinajstić information content (AvgIpc) is 3.82. The monoisotopic (exact) mass is 738 g/mol. The minimum atomic E-state index is 0.145. The molecule has 0 radical (unpaired) electrons. The van der Waals surface area contributed by atoms with Crippen LogP contribution in [0.1, 0.15) is 22.6 Å². The van der Waals surface area contributed by atoms with Crippen LogP contribution in [0.2, 0.25) is 0 Å². The standard InChI is InChI=1S/C54H34N4/c1-4-17-35(18-5-1)49-42-26-14-15-27-43(42)50-41-25-13-12-24-40(41)44(33-46(49)50)38-29-30-47-45(32-38)51-39-23-11-10-16-34(39)28-31-48(51)58(47)54-56-52(36-19-6-2-7-20-36)55-53(57-54)37-21-8-3-9-22-37/h1-33,49H. The van der Waals surface area contributed by atoms with Gasteiger partial charge in [-0.3, -0.25) is 4.57 Å². The van der Waals surface area contributed by atoms with Crippen molar-refractivity contribution in [2.75, 3.05) is 0 Å². The zero-order valence-electron chi connectivity index (χ0n) is 31.4. The SMILES string of the molecule is c1ccc(-c2nc(-c3ccccc3)nc(-n3c4ccc(-c5cc6c(c7ccccc57)-c5ccccc5C6c5ccccc5)cc4c4c5ccccc5ccc43)n2)cc1. The third-order valence-electron chi connectivity index (χ3n) is 11.9. The number of nitrogens with zero attached hydrogens (tertiary/aromatic N) is 4. The number of aromatic nitrogens is 4. The second-order valence-electron chi connectivity index (χ2n) is 15.1. The van der Waals surface area contributed by atoms with Gasteiger partial charge in [0.2, 0.25) is 5.95 Å². The lowest BCUT2D eigenvalue weighted by molar-refractivity contribution is 0.953. The molecule has 0 N–H and O–H groups in total. The van der Waals surface area contributed by atoms with E-state index in [0.29, 0.717) is 17.6 Å². The summed E-state index contributed by atoms with van der Waals surface area (Å²) in [7, 11) is 0. The number of benzene rings is 9. The molecule has 1 aliphatic carbocycles. The van der Waals surface area contributed by atoms with Gasteiger partial charge >= 0.3 is 0 Å². The highest BCUT2D eigenvalue weighted by Crippen LogP contribution is 2.53. The zero-order chi connectivity index (χ0) is 38.2. The number of hydrogen-bond acceptors (Lipinski definition) is 3. The Labute approximate surface area is 335 Å². The Morgan fingerprint density at radius 2 is 0.983 bits per heavy atom. The molecule has 0 amide bonds. The van der Waals surface area contributed by atoms with Gasteiger partial charge in [-0.15, -0.1) is 0 Å². The second kappa shape index (κ2) is 12.9. The van der Waals surface area contributed by atoms with Crippen LogP contribution in [-0.2, 0) is 0 Å². The van der Waals surface area contributed by atoms with Gasteiger partial charge in [0.05, 0.1) is 11.0 Å². The van der Waals surface area contributed by atoms with E-state index in [0.717, 1.165) is 27.5 Å². The Hall–Kier alpha value is -7.69. The molecule has 0 saturated heterocycles. The van der Waals surface area contributed by atoms with Crippen molar-refractivity contribution >= 4 is 43.4 Å². The van der Waals surface area contributed by atoms with Crippen molar-refractivity contribution in [3.05, 3.63) is 217 Å². The molecule has 0 aliphatic heterocycles. The molecule has 2 aromatic heterocycles. The van der Waals surface area contributed by atoms with Crippen molar-refractivity contribution in [1.29, 1.82) is 0 Å². The van der Waals surface area contributed by atoms with Gasteiger partial charge < -0.3 is 0 Å². The fraction of sp³-hybridized carbons (Fsp3) is 0.0185. The molecule has 1 unspecified atom stereocenters. The predicted molar refractivity (Wildman–Crippen MR) is 238 cm³/mol. The molecule has 0 fully saturated rings. The molecule has 270 valence electrons. The third-order valence-corrected chi connectivity index (χ3v) is 11.9. The van der Waals surface area contributed by atoms with E-state index in [4.69, 9.17) is 15.0 Å². The van der Waals surface area contributed by atoms with Crippen molar-refractivity contribution in [3.8, 4) is 51.0 Å². The van der Waals surface area contributed by atoms with Gasteiger partial charge in [0, 0.05) is 27.8 Å². The first-order valence-corrected chi connectivity index (χ1v) is 19.8. The van der Waals surface area contributed by atoms with E-state index in [9.17, 15) is 0 Å². The minimum absolute atomic E-state index is 0.145. The Balaban J connectivity index is 1.14. The van der Waals surface area contributed by atoms with E-state index in [2.05, 4.69) is 168 Å². The van der Waals surface area contributed by atoms with Crippen LogP contribution in [0, 0.1) is 0 Å². The van der Waals surface area contributed by atoms with Crippen LogP contribution in [0.25, 0.3) is 94.3 Å². The van der Waals surface area contributed by atoms with Crippen LogP contribution in [0.4, 0.5) is 0 Å². The van der Waals surface area contributed by atoms with Crippen molar-refractivity contribution in [2.24, 2.45) is 0 Å². The Morgan fingerprint density at radius 3 is 1.72 bits per heavy atom. The molecule has 0 bridgehead atoms. The molecule has 1 atom stereocenters. The highest BCUT2D eigenvalue weighted by atomic mass is 15.2. The first kappa shape index (κ1) is 32.5. The van der Waals surface area contributed by atoms with Crippen molar-refractivity contribution in [3.63, 3.8) is 0 Å². The number of hydrogen-bond donors (Lipinski definition) is 0. The summed E-state index contributed by atoms with van der Waals surface area (Å²) in [4.78, 5) is 15.4. The van der Waals surface area contributed by atoms with Crippen LogP contribution in [0.3, 0.4) is 0 Å². The molecule has 11 aromatic rings. The maximum atomic E-state index is 5.21. The molecule has 58 heavy (non-hydrogen) atoms. The summed E-state index contributed by atoms with van der Waals surface area (Å²) < 4.78 is 2.23. The van der Waals surface area contributed by atoms with E-state index in [1.54, 1.807) is 0 Å². The van der Waals surface area contributed by atoms with Gasteiger partial charge in [-0.1, -0.05) is 176 Å². The fourth-order valence-electron chi connectivity index (χ4n) is 9.38. The Kier molecular flexibility index (Phi) is 7.26. The fourth-order valence-corrected chi connectivity index (χ4v) is 9.38. The minimum Gasteiger partial charge on any atom is -0.278 e. The summed E-state index contributed by atoms with van der Waals surface area (Å²) in [6, 6.07) is 71.7. The van der Waals surface area contributed by atoms with Crippen molar-refractivity contribution in [1.82, 2.24) is 19.5 Å². The first-order valence-electron chi connectivity index (χ1n) is 19.8. The maximum absolute atomic E-state index is 5.21. The topological polar surface area (TPSA) is 43.6 Å². The van der Waals surface area contributed by atoms with E-state index >= 15 is 0 Å². The lowest BCUT2D eigenvalue weighted by Gasteiger charge is -2.17. The van der Waals surface area contributed by atoms with Crippen LogP contribution < -0.4 is 0 Å². The highest BCUT2D eigenvalue weighted by molar-refractivity contribution is 6.22. The summed E-state index contributed by atoms with van der Waals surface area (Å²) in [6.45, 7) is 0. The molecule has 2 heterocycles. The van der Waals surface area contributed by atoms with E-state index in [1.807, 2.05) is 36.4 Å². The second-order valence-corrected chi connectivity index (χ2v) is 15.1. The van der Waals surface area contributed by atoms with Gasteiger partial charge in [0.1, 0.15) is 0 Å². The third kappa shape index (κ3) is 4.98. The summed E-state index contributed by atoms with van der Waals surface area (Å²) in [5.41, 5.74) is 13.0. The van der Waals surface area contributed by atoms with Crippen molar-refractivity contribution in [2.45, 2.75) is 5.92 Å². The van der Waals surface area contributed by atoms with Crippen LogP contribution in [0.5, 0.6) is 0 Å².